The highest BCUT2D eigenvalue weighted by Gasteiger charge is 2.36. The Labute approximate surface area is 143 Å². The highest BCUT2D eigenvalue weighted by molar-refractivity contribution is 8.19. The molecule has 0 radical (unpaired) electrons. The predicted molar refractivity (Wildman–Crippen MR) is 94.4 cm³/mol. The molecule has 0 aromatic heterocycles. The third kappa shape index (κ3) is 3.14. The average Bonchev–Trinajstić information content (AvgIpc) is 2.88. The summed E-state index contributed by atoms with van der Waals surface area (Å²) in [6, 6.07) is 14.2. The number of nitrogens with zero attached hydrogens (tertiary/aromatic N) is 1. The van der Waals surface area contributed by atoms with E-state index in [-0.39, 0.29) is 11.1 Å². The number of rotatable bonds is 4. The van der Waals surface area contributed by atoms with Crippen molar-refractivity contribution >= 4 is 34.7 Å². The number of benzene rings is 2. The molecule has 1 fully saturated rings. The van der Waals surface area contributed by atoms with Crippen LogP contribution >= 0.6 is 11.8 Å². The van der Waals surface area contributed by atoms with E-state index in [1.165, 1.54) is 4.90 Å². The second-order valence-electron chi connectivity index (χ2n) is 5.00. The first-order valence-electron chi connectivity index (χ1n) is 7.18. The summed E-state index contributed by atoms with van der Waals surface area (Å²) in [6.07, 6.45) is 1.67. The fourth-order valence-electron chi connectivity index (χ4n) is 2.33. The van der Waals surface area contributed by atoms with Crippen LogP contribution < -0.4 is 14.4 Å². The molecular weight excluding hydrogens is 326 g/mol. The predicted octanol–water partition coefficient (Wildman–Crippen LogP) is 3.94. The Balaban J connectivity index is 1.95. The maximum Gasteiger partial charge on any atom is 0.298 e. The van der Waals surface area contributed by atoms with Crippen molar-refractivity contribution in [3.63, 3.8) is 0 Å². The first-order valence-corrected chi connectivity index (χ1v) is 8.00. The molecule has 1 saturated heterocycles. The molecule has 5 nitrogen and oxygen atoms in total. The Hall–Kier alpha value is -2.73. The number of carbonyl (C=O) groups excluding carboxylic acids is 2. The van der Waals surface area contributed by atoms with E-state index < -0.39 is 0 Å². The maximum atomic E-state index is 12.6. The second kappa shape index (κ2) is 6.80. The van der Waals surface area contributed by atoms with E-state index in [2.05, 4.69) is 0 Å². The lowest BCUT2D eigenvalue weighted by Gasteiger charge is -2.11. The Morgan fingerprint density at radius 2 is 1.58 bits per heavy atom. The molecule has 2 amide bonds. The molecule has 0 unspecified atom stereocenters. The van der Waals surface area contributed by atoms with Crippen LogP contribution in [0.2, 0.25) is 0 Å². The standard InChI is InChI=1S/C18H15NO4S/c1-22-14-8-12(9-15(11-14)23-2)10-16-17(20)19(18(21)24-16)13-6-4-3-5-7-13/h3-11H,1-2H3/b16-10-. The van der Waals surface area contributed by atoms with Gasteiger partial charge in [-0.2, -0.15) is 0 Å². The molecule has 1 aliphatic heterocycles. The summed E-state index contributed by atoms with van der Waals surface area (Å²) in [7, 11) is 3.11. The molecule has 122 valence electrons. The van der Waals surface area contributed by atoms with Gasteiger partial charge in [-0.25, -0.2) is 4.90 Å². The minimum Gasteiger partial charge on any atom is -0.497 e. The van der Waals surface area contributed by atoms with Crippen molar-refractivity contribution < 1.29 is 19.1 Å². The summed E-state index contributed by atoms with van der Waals surface area (Å²) >= 11 is 0.915. The Morgan fingerprint density at radius 3 is 2.17 bits per heavy atom. The molecule has 6 heteroatoms. The van der Waals surface area contributed by atoms with Gasteiger partial charge >= 0.3 is 0 Å². The molecule has 0 bridgehead atoms. The number of anilines is 1. The zero-order valence-electron chi connectivity index (χ0n) is 13.2. The van der Waals surface area contributed by atoms with Gasteiger partial charge in [0.05, 0.1) is 24.8 Å². The number of ether oxygens (including phenoxy) is 2. The summed E-state index contributed by atoms with van der Waals surface area (Å²) in [4.78, 5) is 26.3. The minimum atomic E-state index is -0.335. The van der Waals surface area contributed by atoms with Gasteiger partial charge in [0.1, 0.15) is 11.5 Å². The van der Waals surface area contributed by atoms with Crippen molar-refractivity contribution in [1.82, 2.24) is 0 Å². The molecule has 0 spiro atoms. The molecular formula is C18H15NO4S. The maximum absolute atomic E-state index is 12.6. The quantitative estimate of drug-likeness (QED) is 0.788. The zero-order chi connectivity index (χ0) is 17.1. The number of thioether (sulfide) groups is 1. The highest BCUT2D eigenvalue weighted by Crippen LogP contribution is 2.36. The van der Waals surface area contributed by atoms with Crippen LogP contribution in [-0.4, -0.2) is 25.4 Å². The van der Waals surface area contributed by atoms with Crippen molar-refractivity contribution in [2.75, 3.05) is 19.1 Å². The van der Waals surface area contributed by atoms with Crippen molar-refractivity contribution in [2.45, 2.75) is 0 Å². The van der Waals surface area contributed by atoms with Gasteiger partial charge in [-0.3, -0.25) is 9.59 Å². The summed E-state index contributed by atoms with van der Waals surface area (Å²) in [5.41, 5.74) is 1.29. The van der Waals surface area contributed by atoms with Gasteiger partial charge in [0.2, 0.25) is 0 Å². The van der Waals surface area contributed by atoms with Gasteiger partial charge in [0.25, 0.3) is 11.1 Å². The van der Waals surface area contributed by atoms with E-state index in [1.807, 2.05) is 6.07 Å². The van der Waals surface area contributed by atoms with E-state index in [0.717, 1.165) is 17.3 Å². The van der Waals surface area contributed by atoms with Gasteiger partial charge in [-0.15, -0.1) is 0 Å². The topological polar surface area (TPSA) is 55.8 Å². The smallest absolute Gasteiger partial charge is 0.298 e. The molecule has 1 aliphatic rings. The van der Waals surface area contributed by atoms with Crippen molar-refractivity contribution in [2.24, 2.45) is 0 Å². The van der Waals surface area contributed by atoms with Crippen LogP contribution in [0.5, 0.6) is 11.5 Å². The van der Waals surface area contributed by atoms with Crippen LogP contribution in [0, 0.1) is 0 Å². The van der Waals surface area contributed by atoms with Gasteiger partial charge in [-0.05, 0) is 47.7 Å². The SMILES string of the molecule is COc1cc(/C=C2\SC(=O)N(c3ccccc3)C2=O)cc(OC)c1. The molecule has 0 atom stereocenters. The minimum absolute atomic E-state index is 0.313. The number of hydrogen-bond donors (Lipinski definition) is 0. The highest BCUT2D eigenvalue weighted by atomic mass is 32.2. The summed E-state index contributed by atoms with van der Waals surface area (Å²) < 4.78 is 10.4. The first-order chi connectivity index (χ1) is 11.6. The average molecular weight is 341 g/mol. The van der Waals surface area contributed by atoms with Crippen LogP contribution in [0.4, 0.5) is 10.5 Å². The number of hydrogen-bond acceptors (Lipinski definition) is 5. The van der Waals surface area contributed by atoms with E-state index in [9.17, 15) is 9.59 Å². The third-order valence-electron chi connectivity index (χ3n) is 3.48. The van der Waals surface area contributed by atoms with Crippen LogP contribution in [0.1, 0.15) is 5.56 Å². The number of imide groups is 1. The lowest BCUT2D eigenvalue weighted by molar-refractivity contribution is -0.113. The normalized spacial score (nSPS) is 15.9. The molecule has 3 rings (SSSR count). The fraction of sp³-hybridized carbons (Fsp3) is 0.111. The first kappa shape index (κ1) is 16.1. The van der Waals surface area contributed by atoms with E-state index in [0.29, 0.717) is 22.1 Å². The summed E-state index contributed by atoms with van der Waals surface area (Å²) in [6.45, 7) is 0. The summed E-state index contributed by atoms with van der Waals surface area (Å²) in [5.74, 6) is 0.892. The van der Waals surface area contributed by atoms with Crippen molar-refractivity contribution in [3.8, 4) is 11.5 Å². The van der Waals surface area contributed by atoms with Gasteiger partial charge in [-0.1, -0.05) is 18.2 Å². The number of amides is 2. The lowest BCUT2D eigenvalue weighted by Crippen LogP contribution is -2.27. The van der Waals surface area contributed by atoms with Gasteiger partial charge in [0, 0.05) is 6.07 Å². The van der Waals surface area contributed by atoms with Gasteiger partial charge < -0.3 is 9.47 Å². The molecule has 2 aromatic carbocycles. The third-order valence-corrected chi connectivity index (χ3v) is 4.35. The molecule has 0 saturated carbocycles. The lowest BCUT2D eigenvalue weighted by atomic mass is 10.2. The Bertz CT molecular complexity index is 795. The van der Waals surface area contributed by atoms with Crippen LogP contribution in [0.25, 0.3) is 6.08 Å². The van der Waals surface area contributed by atoms with Crippen molar-refractivity contribution in [3.05, 3.63) is 59.0 Å². The summed E-state index contributed by atoms with van der Waals surface area (Å²) in [5, 5.41) is -0.313. The van der Waals surface area contributed by atoms with E-state index in [1.54, 1.807) is 62.8 Å². The molecule has 24 heavy (non-hydrogen) atoms. The molecule has 0 N–H and O–H groups in total. The van der Waals surface area contributed by atoms with Crippen LogP contribution in [0.3, 0.4) is 0 Å². The van der Waals surface area contributed by atoms with E-state index in [4.69, 9.17) is 9.47 Å². The van der Waals surface area contributed by atoms with Crippen molar-refractivity contribution in [1.29, 1.82) is 0 Å². The number of para-hydroxylation sites is 1. The van der Waals surface area contributed by atoms with E-state index >= 15 is 0 Å². The number of carbonyl (C=O) groups is 2. The van der Waals surface area contributed by atoms with Crippen LogP contribution in [0.15, 0.2) is 53.4 Å². The molecule has 2 aromatic rings. The zero-order valence-corrected chi connectivity index (χ0v) is 14.0. The number of methoxy groups -OCH3 is 2. The Morgan fingerprint density at radius 1 is 0.958 bits per heavy atom. The Kier molecular flexibility index (Phi) is 4.57. The molecule has 0 aliphatic carbocycles. The molecule has 1 heterocycles. The largest absolute Gasteiger partial charge is 0.497 e. The van der Waals surface area contributed by atoms with Gasteiger partial charge in [0.15, 0.2) is 0 Å². The van der Waals surface area contributed by atoms with Crippen LogP contribution in [-0.2, 0) is 4.79 Å². The second-order valence-corrected chi connectivity index (χ2v) is 5.99. The fourth-order valence-corrected chi connectivity index (χ4v) is 3.17. The monoisotopic (exact) mass is 341 g/mol.